The highest BCUT2D eigenvalue weighted by molar-refractivity contribution is 5.82. The SMILES string of the molecule is CC(CCc1ccc2ccccc2c1)/N=N/C(C)(O)CCc1ccccc1. The van der Waals surface area contributed by atoms with E-state index in [-0.39, 0.29) is 6.04 Å². The summed E-state index contributed by atoms with van der Waals surface area (Å²) in [5.41, 5.74) is 1.40. The number of hydrogen-bond donors (Lipinski definition) is 1. The van der Waals surface area contributed by atoms with Gasteiger partial charge in [0.15, 0.2) is 5.72 Å². The maximum Gasteiger partial charge on any atom is 0.173 e. The van der Waals surface area contributed by atoms with E-state index in [1.807, 2.05) is 18.2 Å². The summed E-state index contributed by atoms with van der Waals surface area (Å²) < 4.78 is 0. The molecule has 27 heavy (non-hydrogen) atoms. The van der Waals surface area contributed by atoms with Crippen LogP contribution in [0.25, 0.3) is 10.8 Å². The lowest BCUT2D eigenvalue weighted by Crippen LogP contribution is -2.22. The Kier molecular flexibility index (Phi) is 6.36. The molecule has 3 aromatic rings. The van der Waals surface area contributed by atoms with Crippen LogP contribution in [0.5, 0.6) is 0 Å². The number of aliphatic hydroxyl groups is 1. The molecule has 3 rings (SSSR count). The van der Waals surface area contributed by atoms with E-state index >= 15 is 0 Å². The van der Waals surface area contributed by atoms with Crippen molar-refractivity contribution in [2.24, 2.45) is 10.2 Å². The Balaban J connectivity index is 1.50. The maximum absolute atomic E-state index is 10.5. The number of aryl methyl sites for hydroxylation is 2. The number of fused-ring (bicyclic) bond motifs is 1. The van der Waals surface area contributed by atoms with Crippen LogP contribution in [0.15, 0.2) is 83.0 Å². The molecule has 0 saturated carbocycles. The van der Waals surface area contributed by atoms with E-state index in [1.165, 1.54) is 21.9 Å². The first-order chi connectivity index (χ1) is 13.0. The summed E-state index contributed by atoms with van der Waals surface area (Å²) in [4.78, 5) is 0. The van der Waals surface area contributed by atoms with Gasteiger partial charge in [0.1, 0.15) is 0 Å². The van der Waals surface area contributed by atoms with Gasteiger partial charge in [0.05, 0.1) is 6.04 Å². The zero-order valence-electron chi connectivity index (χ0n) is 16.2. The third-order valence-corrected chi connectivity index (χ3v) is 4.87. The van der Waals surface area contributed by atoms with Crippen molar-refractivity contribution in [3.05, 3.63) is 83.9 Å². The van der Waals surface area contributed by atoms with E-state index < -0.39 is 5.72 Å². The van der Waals surface area contributed by atoms with Crippen LogP contribution >= 0.6 is 0 Å². The highest BCUT2D eigenvalue weighted by Gasteiger charge is 2.19. The summed E-state index contributed by atoms with van der Waals surface area (Å²) in [6.45, 7) is 3.79. The summed E-state index contributed by atoms with van der Waals surface area (Å²) in [6.07, 6.45) is 3.23. The molecule has 3 nitrogen and oxygen atoms in total. The van der Waals surface area contributed by atoms with E-state index in [9.17, 15) is 5.11 Å². The molecular formula is C24H28N2O. The molecule has 0 spiro atoms. The second-order valence-electron chi connectivity index (χ2n) is 7.49. The van der Waals surface area contributed by atoms with Crippen molar-refractivity contribution >= 4 is 10.8 Å². The standard InChI is InChI=1S/C24H28N2O/c1-19(12-13-21-14-15-22-10-6-7-11-23(22)18-21)25-26-24(2,27)17-16-20-8-4-3-5-9-20/h3-11,14-15,18-19,27H,12-13,16-17H2,1-2H3/b26-25+. The Bertz CT molecular complexity index is 887. The monoisotopic (exact) mass is 360 g/mol. The minimum Gasteiger partial charge on any atom is -0.368 e. The Morgan fingerprint density at radius 2 is 1.56 bits per heavy atom. The smallest absolute Gasteiger partial charge is 0.173 e. The lowest BCUT2D eigenvalue weighted by atomic mass is 10.0. The molecule has 2 atom stereocenters. The normalized spacial score (nSPS) is 15.1. The average molecular weight is 361 g/mol. The molecule has 0 fully saturated rings. The second-order valence-corrected chi connectivity index (χ2v) is 7.49. The van der Waals surface area contributed by atoms with Crippen molar-refractivity contribution in [3.8, 4) is 0 Å². The first-order valence-corrected chi connectivity index (χ1v) is 9.68. The minimum atomic E-state index is -1.12. The number of hydrogen-bond acceptors (Lipinski definition) is 3. The van der Waals surface area contributed by atoms with E-state index in [0.717, 1.165) is 19.3 Å². The van der Waals surface area contributed by atoms with E-state index in [2.05, 4.69) is 71.7 Å². The van der Waals surface area contributed by atoms with Crippen LogP contribution in [-0.4, -0.2) is 16.9 Å². The summed E-state index contributed by atoms with van der Waals surface area (Å²) in [7, 11) is 0. The molecule has 0 heterocycles. The summed E-state index contributed by atoms with van der Waals surface area (Å²) in [5, 5.41) is 21.6. The van der Waals surface area contributed by atoms with Gasteiger partial charge in [-0.15, -0.1) is 0 Å². The van der Waals surface area contributed by atoms with Crippen LogP contribution in [0.4, 0.5) is 0 Å². The molecule has 0 bridgehead atoms. The van der Waals surface area contributed by atoms with Crippen LogP contribution in [0.1, 0.15) is 37.8 Å². The summed E-state index contributed by atoms with van der Waals surface area (Å²) in [6, 6.07) is 25.3. The zero-order valence-corrected chi connectivity index (χ0v) is 16.2. The average Bonchev–Trinajstić information content (AvgIpc) is 2.70. The van der Waals surface area contributed by atoms with Gasteiger partial charge in [-0.05, 0) is 55.0 Å². The van der Waals surface area contributed by atoms with Crippen molar-refractivity contribution in [3.63, 3.8) is 0 Å². The van der Waals surface area contributed by atoms with Gasteiger partial charge < -0.3 is 5.11 Å². The van der Waals surface area contributed by atoms with Crippen LogP contribution in [0, 0.1) is 0 Å². The fraction of sp³-hybridized carbons (Fsp3) is 0.333. The quantitative estimate of drug-likeness (QED) is 0.495. The van der Waals surface area contributed by atoms with Crippen LogP contribution < -0.4 is 0 Å². The number of azo groups is 1. The van der Waals surface area contributed by atoms with Crippen molar-refractivity contribution in [2.45, 2.75) is 51.3 Å². The first-order valence-electron chi connectivity index (χ1n) is 9.68. The maximum atomic E-state index is 10.5. The molecule has 2 unspecified atom stereocenters. The fourth-order valence-corrected chi connectivity index (χ4v) is 3.13. The van der Waals surface area contributed by atoms with Gasteiger partial charge in [-0.3, -0.25) is 0 Å². The molecule has 0 aliphatic heterocycles. The number of benzene rings is 3. The molecule has 0 radical (unpaired) electrons. The zero-order chi connectivity index (χ0) is 19.1. The third kappa shape index (κ3) is 6.00. The molecule has 0 aliphatic carbocycles. The summed E-state index contributed by atoms with van der Waals surface area (Å²) in [5.74, 6) is 0. The van der Waals surface area contributed by atoms with Crippen LogP contribution in [0.2, 0.25) is 0 Å². The first kappa shape index (κ1) is 19.2. The van der Waals surface area contributed by atoms with Gasteiger partial charge in [-0.1, -0.05) is 72.8 Å². The Morgan fingerprint density at radius 1 is 0.852 bits per heavy atom. The molecule has 1 N–H and O–H groups in total. The molecule has 0 aromatic heterocycles. The Morgan fingerprint density at radius 3 is 2.33 bits per heavy atom. The summed E-state index contributed by atoms with van der Waals surface area (Å²) >= 11 is 0. The van der Waals surface area contributed by atoms with Crippen molar-refractivity contribution in [2.75, 3.05) is 0 Å². The van der Waals surface area contributed by atoms with Crippen molar-refractivity contribution < 1.29 is 5.11 Å². The van der Waals surface area contributed by atoms with Gasteiger partial charge in [0, 0.05) is 6.42 Å². The van der Waals surface area contributed by atoms with Crippen LogP contribution in [0.3, 0.4) is 0 Å². The van der Waals surface area contributed by atoms with Gasteiger partial charge in [-0.2, -0.15) is 10.2 Å². The van der Waals surface area contributed by atoms with Crippen molar-refractivity contribution in [1.82, 2.24) is 0 Å². The molecule has 0 saturated heterocycles. The van der Waals surface area contributed by atoms with E-state index in [1.54, 1.807) is 6.92 Å². The predicted molar refractivity (Wildman–Crippen MR) is 112 cm³/mol. The Hall–Kier alpha value is -2.52. The fourth-order valence-electron chi connectivity index (χ4n) is 3.13. The number of rotatable bonds is 8. The van der Waals surface area contributed by atoms with Gasteiger partial charge in [0.2, 0.25) is 0 Å². The second kappa shape index (κ2) is 8.92. The van der Waals surface area contributed by atoms with E-state index in [0.29, 0.717) is 6.42 Å². The van der Waals surface area contributed by atoms with Gasteiger partial charge >= 0.3 is 0 Å². The predicted octanol–water partition coefficient (Wildman–Crippen LogP) is 5.95. The van der Waals surface area contributed by atoms with Crippen LogP contribution in [-0.2, 0) is 12.8 Å². The minimum absolute atomic E-state index is 0.0830. The van der Waals surface area contributed by atoms with Gasteiger partial charge in [0.25, 0.3) is 0 Å². The highest BCUT2D eigenvalue weighted by atomic mass is 16.3. The molecule has 0 amide bonds. The number of nitrogens with zero attached hydrogens (tertiary/aromatic N) is 2. The molecule has 3 aromatic carbocycles. The molecule has 140 valence electrons. The lowest BCUT2D eigenvalue weighted by Gasteiger charge is -2.17. The van der Waals surface area contributed by atoms with Crippen molar-refractivity contribution in [1.29, 1.82) is 0 Å². The highest BCUT2D eigenvalue weighted by Crippen LogP contribution is 2.19. The lowest BCUT2D eigenvalue weighted by molar-refractivity contribution is 0.0512. The molecule has 0 aliphatic rings. The topological polar surface area (TPSA) is 45.0 Å². The molecule has 3 heteroatoms. The Labute approximate surface area is 161 Å². The molecular weight excluding hydrogens is 332 g/mol. The van der Waals surface area contributed by atoms with Gasteiger partial charge in [-0.25, -0.2) is 0 Å². The largest absolute Gasteiger partial charge is 0.368 e. The third-order valence-electron chi connectivity index (χ3n) is 4.87. The van der Waals surface area contributed by atoms with E-state index in [4.69, 9.17) is 0 Å².